The average molecular weight is 391 g/mol. The SMILES string of the molecule is CC(C)(C)OC(=O)NC1(c2cccc(OC(F)(F)F)c2F)CCCCC1=O. The van der Waals surface area contributed by atoms with Crippen LogP contribution in [0.1, 0.15) is 52.0 Å². The van der Waals surface area contributed by atoms with Crippen molar-refractivity contribution in [2.75, 3.05) is 0 Å². The number of ether oxygens (including phenoxy) is 2. The first-order valence-corrected chi connectivity index (χ1v) is 8.43. The van der Waals surface area contributed by atoms with E-state index in [1.807, 2.05) is 0 Å². The predicted octanol–water partition coefficient (Wildman–Crippen LogP) is 4.59. The van der Waals surface area contributed by atoms with Gasteiger partial charge in [0.1, 0.15) is 11.1 Å². The number of alkyl carbamates (subject to hydrolysis) is 1. The van der Waals surface area contributed by atoms with Gasteiger partial charge in [-0.2, -0.15) is 0 Å². The Morgan fingerprint density at radius 3 is 2.41 bits per heavy atom. The van der Waals surface area contributed by atoms with Gasteiger partial charge in [0, 0.05) is 12.0 Å². The number of nitrogens with one attached hydrogen (secondary N) is 1. The number of ketones is 1. The molecule has 0 aliphatic heterocycles. The molecule has 1 N–H and O–H groups in total. The highest BCUT2D eigenvalue weighted by molar-refractivity contribution is 5.93. The maximum atomic E-state index is 14.8. The molecular weight excluding hydrogens is 370 g/mol. The molecule has 1 aromatic carbocycles. The molecule has 0 saturated heterocycles. The third-order valence-corrected chi connectivity index (χ3v) is 4.04. The largest absolute Gasteiger partial charge is 0.573 e. The Morgan fingerprint density at radius 2 is 1.85 bits per heavy atom. The quantitative estimate of drug-likeness (QED) is 0.766. The standard InChI is InChI=1S/C18H21F4NO4/c1-16(2,3)27-15(25)23-17(10-5-4-9-13(17)24)11-7-6-8-12(14(11)19)26-18(20,21)22/h6-8H,4-5,9-10H2,1-3H3,(H,23,25). The molecule has 1 unspecified atom stereocenters. The lowest BCUT2D eigenvalue weighted by Crippen LogP contribution is -2.54. The number of halogens is 4. The fraction of sp³-hybridized carbons (Fsp3) is 0.556. The van der Waals surface area contributed by atoms with Gasteiger partial charge in [-0.15, -0.1) is 13.2 Å². The molecule has 1 atom stereocenters. The summed E-state index contributed by atoms with van der Waals surface area (Å²) in [5.41, 5.74) is -3.06. The van der Waals surface area contributed by atoms with Crippen molar-refractivity contribution in [2.45, 2.75) is 64.0 Å². The van der Waals surface area contributed by atoms with E-state index in [0.717, 1.165) is 12.1 Å². The van der Waals surface area contributed by atoms with Gasteiger partial charge in [-0.1, -0.05) is 12.1 Å². The first-order valence-electron chi connectivity index (χ1n) is 8.43. The fourth-order valence-corrected chi connectivity index (χ4v) is 3.03. The first kappa shape index (κ1) is 21.0. The Kier molecular flexibility index (Phi) is 5.72. The summed E-state index contributed by atoms with van der Waals surface area (Å²) in [6.07, 6.45) is -4.94. The van der Waals surface area contributed by atoms with Crippen LogP contribution in [-0.4, -0.2) is 23.8 Å². The Bertz CT molecular complexity index is 727. The molecule has 1 amide bonds. The molecule has 1 aromatic rings. The normalized spacial score (nSPS) is 20.9. The molecule has 0 bridgehead atoms. The Morgan fingerprint density at radius 1 is 1.19 bits per heavy atom. The molecule has 150 valence electrons. The second kappa shape index (κ2) is 7.36. The maximum Gasteiger partial charge on any atom is 0.573 e. The van der Waals surface area contributed by atoms with E-state index < -0.39 is 40.9 Å². The zero-order chi connectivity index (χ0) is 20.5. The molecule has 0 radical (unpaired) electrons. The number of benzene rings is 1. The topological polar surface area (TPSA) is 64.6 Å². The molecule has 5 nitrogen and oxygen atoms in total. The van der Waals surface area contributed by atoms with Gasteiger partial charge in [-0.3, -0.25) is 4.79 Å². The van der Waals surface area contributed by atoms with Crippen molar-refractivity contribution in [1.82, 2.24) is 5.32 Å². The van der Waals surface area contributed by atoms with Crippen LogP contribution in [0.4, 0.5) is 22.4 Å². The summed E-state index contributed by atoms with van der Waals surface area (Å²) in [5, 5.41) is 2.40. The summed E-state index contributed by atoms with van der Waals surface area (Å²) in [5.74, 6) is -2.91. The van der Waals surface area contributed by atoms with Crippen LogP contribution in [0.3, 0.4) is 0 Å². The third-order valence-electron chi connectivity index (χ3n) is 4.04. The summed E-state index contributed by atoms with van der Waals surface area (Å²) in [6.45, 7) is 4.83. The highest BCUT2D eigenvalue weighted by Gasteiger charge is 2.46. The second-order valence-corrected chi connectivity index (χ2v) is 7.33. The molecule has 27 heavy (non-hydrogen) atoms. The molecule has 0 heterocycles. The Balaban J connectivity index is 2.48. The van der Waals surface area contributed by atoms with Gasteiger partial charge < -0.3 is 14.8 Å². The van der Waals surface area contributed by atoms with Gasteiger partial charge in [0.2, 0.25) is 0 Å². The number of alkyl halides is 3. The molecular formula is C18H21F4NO4. The smallest absolute Gasteiger partial charge is 0.444 e. The van der Waals surface area contributed by atoms with E-state index in [1.165, 1.54) is 6.07 Å². The number of amides is 1. The highest BCUT2D eigenvalue weighted by Crippen LogP contribution is 2.39. The number of carbonyl (C=O) groups is 2. The number of carbonyl (C=O) groups excluding carboxylic acids is 2. The summed E-state index contributed by atoms with van der Waals surface area (Å²) in [6, 6.07) is 3.11. The van der Waals surface area contributed by atoms with E-state index in [4.69, 9.17) is 4.74 Å². The van der Waals surface area contributed by atoms with Crippen molar-refractivity contribution in [3.63, 3.8) is 0 Å². The first-order chi connectivity index (χ1) is 12.3. The van der Waals surface area contributed by atoms with Gasteiger partial charge in [0.25, 0.3) is 0 Å². The number of hydrogen-bond donors (Lipinski definition) is 1. The molecule has 2 rings (SSSR count). The highest BCUT2D eigenvalue weighted by atomic mass is 19.4. The third kappa shape index (κ3) is 5.11. The second-order valence-electron chi connectivity index (χ2n) is 7.33. The number of rotatable bonds is 3. The minimum Gasteiger partial charge on any atom is -0.444 e. The fourth-order valence-electron chi connectivity index (χ4n) is 3.03. The lowest BCUT2D eigenvalue weighted by molar-refractivity contribution is -0.275. The molecule has 1 saturated carbocycles. The monoisotopic (exact) mass is 391 g/mol. The van der Waals surface area contributed by atoms with Crippen molar-refractivity contribution in [2.24, 2.45) is 0 Å². The maximum absolute atomic E-state index is 14.8. The van der Waals surface area contributed by atoms with Gasteiger partial charge in [0.15, 0.2) is 17.3 Å². The van der Waals surface area contributed by atoms with Crippen molar-refractivity contribution in [1.29, 1.82) is 0 Å². The van der Waals surface area contributed by atoms with Crippen LogP contribution in [0, 0.1) is 5.82 Å². The summed E-state index contributed by atoms with van der Waals surface area (Å²) in [4.78, 5) is 24.9. The van der Waals surface area contributed by atoms with E-state index in [0.29, 0.717) is 12.8 Å². The van der Waals surface area contributed by atoms with Gasteiger partial charge in [0.05, 0.1) is 0 Å². The lowest BCUT2D eigenvalue weighted by atomic mass is 9.75. The Hall–Kier alpha value is -2.32. The van der Waals surface area contributed by atoms with Crippen LogP contribution in [0.15, 0.2) is 18.2 Å². The summed E-state index contributed by atoms with van der Waals surface area (Å²) in [7, 11) is 0. The molecule has 1 aliphatic rings. The average Bonchev–Trinajstić information content (AvgIpc) is 2.48. The van der Waals surface area contributed by atoms with Gasteiger partial charge in [-0.05, 0) is 46.1 Å². The van der Waals surface area contributed by atoms with Crippen LogP contribution in [0.25, 0.3) is 0 Å². The van der Waals surface area contributed by atoms with Crippen LogP contribution in [0.5, 0.6) is 5.75 Å². The molecule has 1 aliphatic carbocycles. The predicted molar refractivity (Wildman–Crippen MR) is 87.6 cm³/mol. The van der Waals surface area contributed by atoms with Crippen LogP contribution in [-0.2, 0) is 15.1 Å². The molecule has 9 heteroatoms. The molecule has 0 spiro atoms. The Labute approximate surface area is 154 Å². The van der Waals surface area contributed by atoms with Gasteiger partial charge in [-0.25, -0.2) is 9.18 Å². The van der Waals surface area contributed by atoms with Crippen LogP contribution < -0.4 is 10.1 Å². The summed E-state index contributed by atoms with van der Waals surface area (Å²) < 4.78 is 61.2. The van der Waals surface area contributed by atoms with E-state index in [1.54, 1.807) is 20.8 Å². The zero-order valence-corrected chi connectivity index (χ0v) is 15.2. The lowest BCUT2D eigenvalue weighted by Gasteiger charge is -2.37. The van der Waals surface area contributed by atoms with Crippen LogP contribution in [0.2, 0.25) is 0 Å². The molecule has 1 fully saturated rings. The number of hydrogen-bond acceptors (Lipinski definition) is 4. The van der Waals surface area contributed by atoms with Crippen molar-refractivity contribution >= 4 is 11.9 Å². The minimum absolute atomic E-state index is 0.0392. The summed E-state index contributed by atoms with van der Waals surface area (Å²) >= 11 is 0. The van der Waals surface area contributed by atoms with Crippen molar-refractivity contribution in [3.05, 3.63) is 29.6 Å². The zero-order valence-electron chi connectivity index (χ0n) is 15.2. The van der Waals surface area contributed by atoms with E-state index >= 15 is 0 Å². The van der Waals surface area contributed by atoms with E-state index in [9.17, 15) is 27.2 Å². The van der Waals surface area contributed by atoms with Gasteiger partial charge >= 0.3 is 12.5 Å². The van der Waals surface area contributed by atoms with Crippen LogP contribution >= 0.6 is 0 Å². The van der Waals surface area contributed by atoms with E-state index in [2.05, 4.69) is 10.1 Å². The minimum atomic E-state index is -5.10. The van der Waals surface area contributed by atoms with Crippen molar-refractivity contribution in [3.8, 4) is 5.75 Å². The van der Waals surface area contributed by atoms with E-state index in [-0.39, 0.29) is 18.4 Å². The molecule has 0 aromatic heterocycles. The van der Waals surface area contributed by atoms with Crippen molar-refractivity contribution < 1.29 is 36.6 Å². The number of Topliss-reactive ketones (excluding diaryl/α,β-unsaturated/α-hetero) is 1.